The third-order valence-corrected chi connectivity index (χ3v) is 4.13. The summed E-state index contributed by atoms with van der Waals surface area (Å²) in [5.41, 5.74) is 0.935. The van der Waals surface area contributed by atoms with Crippen LogP contribution in [0.1, 0.15) is 27.6 Å². The Balaban J connectivity index is 3.50. The number of hydrogen-bond donors (Lipinski definition) is 0. The molecule has 0 radical (unpaired) electrons. The molecule has 0 aliphatic carbocycles. The van der Waals surface area contributed by atoms with Gasteiger partial charge in [-0.15, -0.1) is 0 Å². The summed E-state index contributed by atoms with van der Waals surface area (Å²) in [6.07, 6.45) is 0.700. The summed E-state index contributed by atoms with van der Waals surface area (Å²) in [4.78, 5) is 21.8. The zero-order valence-electron chi connectivity index (χ0n) is 6.80. The van der Waals surface area contributed by atoms with Gasteiger partial charge < -0.3 is 0 Å². The van der Waals surface area contributed by atoms with Crippen molar-refractivity contribution in [2.24, 2.45) is 0 Å². The highest BCUT2D eigenvalue weighted by atomic mass is 127. The molecule has 0 saturated heterocycles. The molecule has 0 fully saturated rings. The number of halogens is 2. The molecule has 0 atom stereocenters. The van der Waals surface area contributed by atoms with Gasteiger partial charge in [0.25, 0.3) is 0 Å². The van der Waals surface area contributed by atoms with Crippen LogP contribution in [0, 0.1) is 3.57 Å². The van der Waals surface area contributed by atoms with Crippen molar-refractivity contribution in [3.8, 4) is 0 Å². The van der Waals surface area contributed by atoms with Gasteiger partial charge in [0.05, 0.1) is 0 Å². The topological polar surface area (TPSA) is 34.1 Å². The minimum absolute atomic E-state index is 0.0900. The van der Waals surface area contributed by atoms with Gasteiger partial charge in [-0.05, 0) is 57.6 Å². The molecule has 0 amide bonds. The molecular weight excluding hydrogens is 347 g/mol. The predicted molar refractivity (Wildman–Crippen MR) is 62.3 cm³/mol. The molecule has 13 heavy (non-hydrogen) atoms. The van der Waals surface area contributed by atoms with Crippen LogP contribution in [0.15, 0.2) is 16.6 Å². The Bertz CT molecular complexity index is 374. The fourth-order valence-electron chi connectivity index (χ4n) is 1.02. The predicted octanol–water partition coefficient (Wildman–Crippen LogP) is 3.07. The Kier molecular flexibility index (Phi) is 3.61. The molecule has 2 nitrogen and oxygen atoms in total. The smallest absolute Gasteiger partial charge is 0.161 e. The van der Waals surface area contributed by atoms with Crippen LogP contribution in [-0.4, -0.2) is 12.1 Å². The second kappa shape index (κ2) is 4.32. The Morgan fingerprint density at radius 1 is 1.54 bits per heavy atom. The van der Waals surface area contributed by atoms with Crippen LogP contribution in [0.4, 0.5) is 0 Å². The lowest BCUT2D eigenvalue weighted by atomic mass is 10.1. The average molecular weight is 353 g/mol. The molecule has 1 aromatic rings. The molecular formula is C9H6BrIO2. The Morgan fingerprint density at radius 2 is 2.15 bits per heavy atom. The largest absolute Gasteiger partial charge is 0.298 e. The van der Waals surface area contributed by atoms with Gasteiger partial charge in [0.1, 0.15) is 0 Å². The van der Waals surface area contributed by atoms with Crippen molar-refractivity contribution < 1.29 is 9.59 Å². The maximum Gasteiger partial charge on any atom is 0.161 e. The van der Waals surface area contributed by atoms with E-state index < -0.39 is 0 Å². The fraction of sp³-hybridized carbons (Fsp3) is 0.111. The van der Waals surface area contributed by atoms with Crippen molar-refractivity contribution >= 4 is 50.6 Å². The molecule has 4 heteroatoms. The van der Waals surface area contributed by atoms with E-state index in [0.717, 1.165) is 8.04 Å². The van der Waals surface area contributed by atoms with Crippen LogP contribution in [0.25, 0.3) is 0 Å². The highest BCUT2D eigenvalue weighted by Crippen LogP contribution is 2.25. The van der Waals surface area contributed by atoms with Gasteiger partial charge in [-0.1, -0.05) is 0 Å². The molecule has 0 aliphatic rings. The van der Waals surface area contributed by atoms with E-state index in [9.17, 15) is 9.59 Å². The van der Waals surface area contributed by atoms with Gasteiger partial charge in [-0.3, -0.25) is 9.59 Å². The maximum atomic E-state index is 11.2. The summed E-state index contributed by atoms with van der Waals surface area (Å²) in [6, 6.07) is 3.40. The highest BCUT2D eigenvalue weighted by molar-refractivity contribution is 14.1. The van der Waals surface area contributed by atoms with Crippen molar-refractivity contribution in [2.75, 3.05) is 0 Å². The van der Waals surface area contributed by atoms with E-state index in [1.807, 2.05) is 22.6 Å². The zero-order chi connectivity index (χ0) is 10.0. The van der Waals surface area contributed by atoms with Crippen LogP contribution in [0.5, 0.6) is 0 Å². The van der Waals surface area contributed by atoms with Crippen LogP contribution in [-0.2, 0) is 0 Å². The highest BCUT2D eigenvalue weighted by Gasteiger charge is 2.12. The van der Waals surface area contributed by atoms with E-state index in [4.69, 9.17) is 0 Å². The third kappa shape index (κ3) is 2.17. The van der Waals surface area contributed by atoms with Crippen LogP contribution < -0.4 is 0 Å². The Labute approximate surface area is 98.0 Å². The van der Waals surface area contributed by atoms with Crippen molar-refractivity contribution in [1.29, 1.82) is 0 Å². The Hall–Kier alpha value is -0.230. The van der Waals surface area contributed by atoms with Crippen LogP contribution in [0.3, 0.4) is 0 Å². The summed E-state index contributed by atoms with van der Waals surface area (Å²) in [5, 5.41) is 0. The summed E-state index contributed by atoms with van der Waals surface area (Å²) in [6.45, 7) is 1.46. The molecule has 0 spiro atoms. The second-order valence-electron chi connectivity index (χ2n) is 2.50. The maximum absolute atomic E-state index is 11.2. The number of carbonyl (C=O) groups excluding carboxylic acids is 2. The van der Waals surface area contributed by atoms with Crippen LogP contribution >= 0.6 is 38.5 Å². The quantitative estimate of drug-likeness (QED) is 0.465. The lowest BCUT2D eigenvalue weighted by molar-refractivity contribution is 0.100. The molecule has 0 bridgehead atoms. The normalized spacial score (nSPS) is 9.77. The number of hydrogen-bond acceptors (Lipinski definition) is 2. The van der Waals surface area contributed by atoms with E-state index in [2.05, 4.69) is 15.9 Å². The number of Topliss-reactive ketones (excluding diaryl/α,β-unsaturated/α-hetero) is 1. The first-order valence-corrected chi connectivity index (χ1v) is 5.39. The monoisotopic (exact) mass is 352 g/mol. The molecule has 68 valence electrons. The van der Waals surface area contributed by atoms with Gasteiger partial charge in [0.15, 0.2) is 12.1 Å². The Morgan fingerprint density at radius 3 is 2.62 bits per heavy atom. The van der Waals surface area contributed by atoms with Gasteiger partial charge in [0.2, 0.25) is 0 Å². The molecule has 0 heterocycles. The fourth-order valence-corrected chi connectivity index (χ4v) is 2.22. The van der Waals surface area contributed by atoms with Crippen LogP contribution in [0.2, 0.25) is 0 Å². The number of ketones is 1. The lowest BCUT2D eigenvalue weighted by Crippen LogP contribution is -2.02. The number of rotatable bonds is 2. The third-order valence-electron chi connectivity index (χ3n) is 1.61. The lowest BCUT2D eigenvalue weighted by Gasteiger charge is -2.05. The van der Waals surface area contributed by atoms with Crippen molar-refractivity contribution in [3.05, 3.63) is 31.3 Å². The molecule has 0 aliphatic heterocycles. The van der Waals surface area contributed by atoms with E-state index in [0.29, 0.717) is 17.4 Å². The number of aldehydes is 1. The molecule has 0 aromatic heterocycles. The SMILES string of the molecule is CC(=O)c1c(C=O)ccc(Br)c1I. The van der Waals surface area contributed by atoms with E-state index >= 15 is 0 Å². The molecule has 0 saturated carbocycles. The molecule has 0 N–H and O–H groups in total. The molecule has 0 unspecified atom stereocenters. The molecule has 1 aromatic carbocycles. The van der Waals surface area contributed by atoms with E-state index in [1.54, 1.807) is 12.1 Å². The average Bonchev–Trinajstić information content (AvgIpc) is 2.08. The summed E-state index contributed by atoms with van der Waals surface area (Å²) in [7, 11) is 0. The van der Waals surface area contributed by atoms with Crippen molar-refractivity contribution in [3.63, 3.8) is 0 Å². The zero-order valence-corrected chi connectivity index (χ0v) is 10.5. The minimum atomic E-state index is -0.0900. The van der Waals surface area contributed by atoms with E-state index in [1.165, 1.54) is 6.92 Å². The molecule has 1 rings (SSSR count). The first-order chi connectivity index (χ1) is 6.07. The number of benzene rings is 1. The van der Waals surface area contributed by atoms with Crippen molar-refractivity contribution in [2.45, 2.75) is 6.92 Å². The second-order valence-corrected chi connectivity index (χ2v) is 4.43. The first kappa shape index (κ1) is 10.8. The van der Waals surface area contributed by atoms with Gasteiger partial charge >= 0.3 is 0 Å². The summed E-state index contributed by atoms with van der Waals surface area (Å²) >= 11 is 5.34. The van der Waals surface area contributed by atoms with Crippen molar-refractivity contribution in [1.82, 2.24) is 0 Å². The summed E-state index contributed by atoms with van der Waals surface area (Å²) in [5.74, 6) is -0.0900. The minimum Gasteiger partial charge on any atom is -0.298 e. The van der Waals surface area contributed by atoms with E-state index in [-0.39, 0.29) is 5.78 Å². The first-order valence-electron chi connectivity index (χ1n) is 3.52. The standard InChI is InChI=1S/C9H6BrIO2/c1-5(13)8-6(4-12)2-3-7(10)9(8)11/h2-4H,1H3. The van der Waals surface area contributed by atoms with Gasteiger partial charge in [-0.2, -0.15) is 0 Å². The summed E-state index contributed by atoms with van der Waals surface area (Å²) < 4.78 is 1.62. The van der Waals surface area contributed by atoms with Gasteiger partial charge in [-0.25, -0.2) is 0 Å². The van der Waals surface area contributed by atoms with Gasteiger partial charge in [0, 0.05) is 19.2 Å². The number of carbonyl (C=O) groups is 2.